The predicted molar refractivity (Wildman–Crippen MR) is 135 cm³/mol. The monoisotopic (exact) mass is 458 g/mol. The van der Waals surface area contributed by atoms with Crippen LogP contribution in [0.3, 0.4) is 0 Å². The zero-order valence-corrected chi connectivity index (χ0v) is 19.5. The molecule has 0 unspecified atom stereocenters. The number of benzene rings is 4. The standard InChI is InChI=1S/C27H24O3P2/c28-31(19-20-9-1-2-10-21(20)23-12-4-7-15-26(23)31)17-18-32(29)27-16-8-5-13-24(27)22-11-3-6-14-25(22)30-32/h1-16,28,31H,17-19H2/t32-/m1/s1. The van der Waals surface area contributed by atoms with Crippen LogP contribution in [0.1, 0.15) is 5.56 Å². The SMILES string of the molecule is O=[P@]1(CC[PH]2(O)Cc3ccccc3-c3ccccc32)Oc2ccccc2-c2ccccc21. The Labute approximate surface area is 188 Å². The molecule has 4 aromatic carbocycles. The van der Waals surface area contributed by atoms with Crippen LogP contribution in [0.5, 0.6) is 5.75 Å². The maximum absolute atomic E-state index is 14.2. The first-order valence-corrected chi connectivity index (χ1v) is 15.1. The van der Waals surface area contributed by atoms with Gasteiger partial charge in [-0.05, 0) is 0 Å². The predicted octanol–water partition coefficient (Wildman–Crippen LogP) is 5.81. The van der Waals surface area contributed by atoms with Gasteiger partial charge in [0.05, 0.1) is 0 Å². The minimum atomic E-state index is -3.17. The molecule has 0 bridgehead atoms. The quantitative estimate of drug-likeness (QED) is 0.394. The van der Waals surface area contributed by atoms with E-state index in [-0.39, 0.29) is 0 Å². The van der Waals surface area contributed by atoms with E-state index in [2.05, 4.69) is 24.3 Å². The van der Waals surface area contributed by atoms with Gasteiger partial charge in [0.2, 0.25) is 0 Å². The number of fused-ring (bicyclic) bond motifs is 6. The molecule has 1 atom stereocenters. The Bertz CT molecular complexity index is 1400. The average Bonchev–Trinajstić information content (AvgIpc) is 2.84. The Morgan fingerprint density at radius 3 is 2.22 bits per heavy atom. The van der Waals surface area contributed by atoms with Crippen LogP contribution in [0.2, 0.25) is 0 Å². The van der Waals surface area contributed by atoms with E-state index in [9.17, 15) is 9.46 Å². The first kappa shape index (κ1) is 19.9. The fourth-order valence-corrected chi connectivity index (χ4v) is 12.3. The van der Waals surface area contributed by atoms with Crippen molar-refractivity contribution in [3.63, 3.8) is 0 Å². The molecule has 2 heterocycles. The van der Waals surface area contributed by atoms with Crippen LogP contribution in [0.15, 0.2) is 97.1 Å². The van der Waals surface area contributed by atoms with Gasteiger partial charge in [0, 0.05) is 0 Å². The summed E-state index contributed by atoms with van der Waals surface area (Å²) in [6.45, 7) is 0. The molecule has 1 N–H and O–H groups in total. The van der Waals surface area contributed by atoms with E-state index >= 15 is 0 Å². The van der Waals surface area contributed by atoms with Crippen molar-refractivity contribution in [1.29, 1.82) is 0 Å². The molecular weight excluding hydrogens is 434 g/mol. The molecule has 0 radical (unpaired) electrons. The van der Waals surface area contributed by atoms with Gasteiger partial charge in [0.25, 0.3) is 0 Å². The van der Waals surface area contributed by atoms with Gasteiger partial charge in [0.1, 0.15) is 0 Å². The van der Waals surface area contributed by atoms with Gasteiger partial charge in [0.15, 0.2) is 0 Å². The van der Waals surface area contributed by atoms with E-state index in [4.69, 9.17) is 4.52 Å². The Kier molecular flexibility index (Phi) is 4.63. The molecular formula is C27H24O3P2. The molecule has 0 saturated carbocycles. The second kappa shape index (κ2) is 7.42. The molecule has 0 spiro atoms. The summed E-state index contributed by atoms with van der Waals surface area (Å²) in [5.74, 6) is 0.664. The molecule has 2 aliphatic heterocycles. The zero-order valence-electron chi connectivity index (χ0n) is 17.6. The van der Waals surface area contributed by atoms with Crippen LogP contribution in [0.25, 0.3) is 22.3 Å². The van der Waals surface area contributed by atoms with Crippen molar-refractivity contribution in [3.8, 4) is 28.0 Å². The normalized spacial score (nSPS) is 20.7. The van der Waals surface area contributed by atoms with E-state index in [0.717, 1.165) is 27.3 Å². The van der Waals surface area contributed by atoms with Gasteiger partial charge in [-0.2, -0.15) is 0 Å². The van der Waals surface area contributed by atoms with E-state index in [1.165, 1.54) is 11.1 Å². The summed E-state index contributed by atoms with van der Waals surface area (Å²) >= 11 is 0. The van der Waals surface area contributed by atoms with E-state index in [1.54, 1.807) is 0 Å². The second-order valence-electron chi connectivity index (χ2n) is 8.66. The molecule has 0 aromatic heterocycles. The fraction of sp³-hybridized carbons (Fsp3) is 0.111. The van der Waals surface area contributed by atoms with Gasteiger partial charge >= 0.3 is 189 Å². The van der Waals surface area contributed by atoms with Gasteiger partial charge in [-0.1, -0.05) is 0 Å². The van der Waals surface area contributed by atoms with Crippen molar-refractivity contribution in [2.45, 2.75) is 6.16 Å². The summed E-state index contributed by atoms with van der Waals surface area (Å²) in [7, 11) is -6.07. The zero-order chi connectivity index (χ0) is 21.8. The van der Waals surface area contributed by atoms with Crippen LogP contribution < -0.4 is 15.1 Å². The summed E-state index contributed by atoms with van der Waals surface area (Å²) in [6.07, 6.45) is 1.46. The minimum absolute atomic E-state index is 0.331. The number of hydrogen-bond acceptors (Lipinski definition) is 3. The number of hydrogen-bond donors (Lipinski definition) is 1. The van der Waals surface area contributed by atoms with E-state index < -0.39 is 14.9 Å². The van der Waals surface area contributed by atoms with E-state index in [0.29, 0.717) is 24.2 Å². The van der Waals surface area contributed by atoms with Gasteiger partial charge < -0.3 is 0 Å². The van der Waals surface area contributed by atoms with Crippen molar-refractivity contribution >= 4 is 25.5 Å². The van der Waals surface area contributed by atoms with Crippen molar-refractivity contribution in [3.05, 3.63) is 103 Å². The maximum atomic E-state index is 14.2. The van der Waals surface area contributed by atoms with Crippen molar-refractivity contribution in [2.24, 2.45) is 0 Å². The van der Waals surface area contributed by atoms with Gasteiger partial charge in [-0.25, -0.2) is 0 Å². The number of para-hydroxylation sites is 1. The summed E-state index contributed by atoms with van der Waals surface area (Å²) in [6, 6.07) is 32.1. The Morgan fingerprint density at radius 2 is 1.38 bits per heavy atom. The molecule has 0 amide bonds. The third-order valence-electron chi connectivity index (χ3n) is 6.73. The Morgan fingerprint density at radius 1 is 0.750 bits per heavy atom. The average molecular weight is 458 g/mol. The third-order valence-corrected chi connectivity index (χ3v) is 13.1. The second-order valence-corrected chi connectivity index (χ2v) is 14.6. The first-order valence-electron chi connectivity index (χ1n) is 11.0. The van der Waals surface area contributed by atoms with Crippen molar-refractivity contribution < 1.29 is 14.0 Å². The Balaban J connectivity index is 1.39. The molecule has 32 heavy (non-hydrogen) atoms. The molecule has 5 heteroatoms. The molecule has 0 fully saturated rings. The van der Waals surface area contributed by atoms with Crippen LogP contribution in [0, 0.1) is 0 Å². The molecule has 4 aromatic rings. The van der Waals surface area contributed by atoms with Crippen LogP contribution in [-0.2, 0) is 10.7 Å². The topological polar surface area (TPSA) is 46.5 Å². The van der Waals surface area contributed by atoms with Crippen LogP contribution in [-0.4, -0.2) is 17.2 Å². The summed E-state index contributed by atoms with van der Waals surface area (Å²) in [5, 5.41) is 1.80. The molecule has 2 aliphatic rings. The number of rotatable bonds is 3. The molecule has 3 nitrogen and oxygen atoms in total. The van der Waals surface area contributed by atoms with Crippen molar-refractivity contribution in [1.82, 2.24) is 0 Å². The fourth-order valence-electron chi connectivity index (χ4n) is 5.17. The molecule has 0 aliphatic carbocycles. The van der Waals surface area contributed by atoms with Crippen molar-refractivity contribution in [2.75, 3.05) is 12.3 Å². The summed E-state index contributed by atoms with van der Waals surface area (Å²) in [4.78, 5) is 12.0. The van der Waals surface area contributed by atoms with Crippen LogP contribution in [0.4, 0.5) is 0 Å². The van der Waals surface area contributed by atoms with Crippen LogP contribution >= 0.6 is 14.9 Å². The van der Waals surface area contributed by atoms with E-state index in [1.807, 2.05) is 72.8 Å². The molecule has 6 rings (SSSR count). The molecule has 0 saturated heterocycles. The Hall–Kier alpha value is -2.70. The summed E-state index contributed by atoms with van der Waals surface area (Å²) in [5.41, 5.74) is 5.43. The first-order chi connectivity index (χ1) is 15.6. The van der Waals surface area contributed by atoms with Gasteiger partial charge in [-0.15, -0.1) is 0 Å². The molecule has 160 valence electrons. The third kappa shape index (κ3) is 3.08. The van der Waals surface area contributed by atoms with Gasteiger partial charge in [-0.3, -0.25) is 0 Å². The summed E-state index contributed by atoms with van der Waals surface area (Å²) < 4.78 is 20.5.